The molecule has 2 nitrogen and oxygen atoms in total. The van der Waals surface area contributed by atoms with Crippen LogP contribution in [-0.2, 0) is 0 Å². The fourth-order valence-corrected chi connectivity index (χ4v) is 2.68. The van der Waals surface area contributed by atoms with Crippen molar-refractivity contribution in [3.8, 4) is 0 Å². The monoisotopic (exact) mass is 240 g/mol. The van der Waals surface area contributed by atoms with Crippen molar-refractivity contribution in [1.29, 1.82) is 0 Å². The summed E-state index contributed by atoms with van der Waals surface area (Å²) in [6.07, 6.45) is 1.88. The summed E-state index contributed by atoms with van der Waals surface area (Å²) in [6.45, 7) is 2.13. The molecule has 0 bridgehead atoms. The summed E-state index contributed by atoms with van der Waals surface area (Å²) in [5, 5.41) is 0. The van der Waals surface area contributed by atoms with Crippen molar-refractivity contribution in [1.82, 2.24) is 8.96 Å². The lowest BCUT2D eigenvalue weighted by molar-refractivity contribution is 1.23. The summed E-state index contributed by atoms with van der Waals surface area (Å²) in [6, 6.07) is 16.6. The summed E-state index contributed by atoms with van der Waals surface area (Å²) >= 11 is 1.70. The van der Waals surface area contributed by atoms with Crippen LogP contribution in [0.5, 0.6) is 0 Å². The van der Waals surface area contributed by atoms with Crippen LogP contribution in [0.1, 0.15) is 5.56 Å². The van der Waals surface area contributed by atoms with Gasteiger partial charge in [0.25, 0.3) is 0 Å². The SMILES string of the molecule is Cc1ccccc1Sn1cnc2ccccc21. The number of aryl methyl sites for hydroxylation is 1. The molecule has 1 heterocycles. The average Bonchev–Trinajstić information content (AvgIpc) is 2.76. The van der Waals surface area contributed by atoms with E-state index in [0.29, 0.717) is 0 Å². The third kappa shape index (κ3) is 1.94. The van der Waals surface area contributed by atoms with Crippen LogP contribution < -0.4 is 0 Å². The fraction of sp³-hybridized carbons (Fsp3) is 0.0714. The second kappa shape index (κ2) is 4.26. The summed E-state index contributed by atoms with van der Waals surface area (Å²) in [4.78, 5) is 5.65. The predicted octanol–water partition coefficient (Wildman–Crippen LogP) is 3.90. The Balaban J connectivity index is 2.03. The first-order chi connectivity index (χ1) is 8.34. The molecule has 0 N–H and O–H groups in total. The van der Waals surface area contributed by atoms with E-state index < -0.39 is 0 Å². The summed E-state index contributed by atoms with van der Waals surface area (Å²) in [5.41, 5.74) is 3.48. The lowest BCUT2D eigenvalue weighted by Crippen LogP contribution is -1.86. The quantitative estimate of drug-likeness (QED) is 0.676. The second-order valence-corrected chi connectivity index (χ2v) is 4.93. The summed E-state index contributed by atoms with van der Waals surface area (Å²) < 4.78 is 2.11. The molecule has 0 aliphatic rings. The third-order valence-corrected chi connectivity index (χ3v) is 3.85. The van der Waals surface area contributed by atoms with Crippen LogP contribution in [0.2, 0.25) is 0 Å². The Bertz CT molecular complexity index is 658. The van der Waals surface area contributed by atoms with Gasteiger partial charge in [-0.3, -0.25) is 3.97 Å². The van der Waals surface area contributed by atoms with E-state index in [1.54, 1.807) is 11.9 Å². The second-order valence-electron chi connectivity index (χ2n) is 3.92. The highest BCUT2D eigenvalue weighted by molar-refractivity contribution is 7.98. The zero-order chi connectivity index (χ0) is 11.7. The maximum atomic E-state index is 4.39. The zero-order valence-electron chi connectivity index (χ0n) is 9.50. The van der Waals surface area contributed by atoms with Crippen LogP contribution >= 0.6 is 11.9 Å². The molecule has 3 rings (SSSR count). The van der Waals surface area contributed by atoms with Gasteiger partial charge in [-0.05, 0) is 42.6 Å². The van der Waals surface area contributed by atoms with Gasteiger partial charge in [-0.15, -0.1) is 0 Å². The third-order valence-electron chi connectivity index (χ3n) is 2.71. The summed E-state index contributed by atoms with van der Waals surface area (Å²) in [5.74, 6) is 0. The minimum Gasteiger partial charge on any atom is -0.268 e. The number of fused-ring (bicyclic) bond motifs is 1. The van der Waals surface area contributed by atoms with Gasteiger partial charge in [-0.2, -0.15) is 0 Å². The van der Waals surface area contributed by atoms with Crippen LogP contribution in [-0.4, -0.2) is 8.96 Å². The Labute approximate surface area is 104 Å². The number of nitrogens with zero attached hydrogens (tertiary/aromatic N) is 2. The Morgan fingerprint density at radius 3 is 2.65 bits per heavy atom. The highest BCUT2D eigenvalue weighted by Gasteiger charge is 2.04. The van der Waals surface area contributed by atoms with E-state index in [4.69, 9.17) is 0 Å². The van der Waals surface area contributed by atoms with Crippen molar-refractivity contribution in [2.75, 3.05) is 0 Å². The molecular weight excluding hydrogens is 228 g/mol. The van der Waals surface area contributed by atoms with Gasteiger partial charge in [0.05, 0.1) is 11.0 Å². The van der Waals surface area contributed by atoms with Gasteiger partial charge in [-0.25, -0.2) is 4.98 Å². The molecule has 0 aliphatic carbocycles. The lowest BCUT2D eigenvalue weighted by Gasteiger charge is -2.05. The molecule has 0 saturated heterocycles. The number of rotatable bonds is 2. The number of imidazole rings is 1. The van der Waals surface area contributed by atoms with E-state index in [0.717, 1.165) is 11.0 Å². The fourth-order valence-electron chi connectivity index (χ4n) is 1.77. The molecule has 3 heteroatoms. The topological polar surface area (TPSA) is 17.8 Å². The molecule has 1 aromatic heterocycles. The van der Waals surface area contributed by atoms with Crippen molar-refractivity contribution < 1.29 is 0 Å². The highest BCUT2D eigenvalue weighted by Crippen LogP contribution is 2.27. The highest BCUT2D eigenvalue weighted by atomic mass is 32.2. The van der Waals surface area contributed by atoms with Gasteiger partial charge in [0.2, 0.25) is 0 Å². The van der Waals surface area contributed by atoms with Crippen molar-refractivity contribution >= 4 is 23.0 Å². The first-order valence-electron chi connectivity index (χ1n) is 5.51. The maximum absolute atomic E-state index is 4.39. The number of aromatic nitrogens is 2. The Morgan fingerprint density at radius 1 is 1.00 bits per heavy atom. The number of para-hydroxylation sites is 2. The molecule has 0 radical (unpaired) electrons. The molecule has 84 valence electrons. The van der Waals surface area contributed by atoms with Crippen LogP contribution in [0.25, 0.3) is 11.0 Å². The molecule has 0 unspecified atom stereocenters. The largest absolute Gasteiger partial charge is 0.268 e. The molecule has 0 spiro atoms. The average molecular weight is 240 g/mol. The van der Waals surface area contributed by atoms with E-state index in [9.17, 15) is 0 Å². The maximum Gasteiger partial charge on any atom is 0.106 e. The smallest absolute Gasteiger partial charge is 0.106 e. The molecule has 17 heavy (non-hydrogen) atoms. The predicted molar refractivity (Wildman–Crippen MR) is 72.2 cm³/mol. The van der Waals surface area contributed by atoms with Gasteiger partial charge in [0.15, 0.2) is 0 Å². The Kier molecular flexibility index (Phi) is 2.61. The number of hydrogen-bond donors (Lipinski definition) is 0. The molecule has 3 aromatic rings. The Morgan fingerprint density at radius 2 is 1.76 bits per heavy atom. The molecule has 0 atom stereocenters. The van der Waals surface area contributed by atoms with E-state index in [1.165, 1.54) is 10.5 Å². The Hall–Kier alpha value is -1.74. The standard InChI is InChI=1S/C14H12N2S/c1-11-6-2-5-9-14(11)17-16-10-15-12-7-3-4-8-13(12)16/h2-10H,1H3. The lowest BCUT2D eigenvalue weighted by atomic mass is 10.2. The van der Waals surface area contributed by atoms with Crippen LogP contribution in [0.15, 0.2) is 59.8 Å². The first-order valence-corrected chi connectivity index (χ1v) is 6.28. The molecule has 2 aromatic carbocycles. The van der Waals surface area contributed by atoms with Crippen molar-refractivity contribution in [2.24, 2.45) is 0 Å². The van der Waals surface area contributed by atoms with Crippen LogP contribution in [0.3, 0.4) is 0 Å². The van der Waals surface area contributed by atoms with Gasteiger partial charge in [0, 0.05) is 4.90 Å². The molecule has 0 amide bonds. The van der Waals surface area contributed by atoms with Gasteiger partial charge < -0.3 is 0 Å². The zero-order valence-corrected chi connectivity index (χ0v) is 10.3. The number of hydrogen-bond acceptors (Lipinski definition) is 2. The molecular formula is C14H12N2S. The van der Waals surface area contributed by atoms with Gasteiger partial charge in [0.1, 0.15) is 6.33 Å². The summed E-state index contributed by atoms with van der Waals surface area (Å²) in [7, 11) is 0. The molecule has 0 aliphatic heterocycles. The normalized spacial score (nSPS) is 10.9. The van der Waals surface area contributed by atoms with E-state index >= 15 is 0 Å². The first kappa shape index (κ1) is 10.4. The van der Waals surface area contributed by atoms with Crippen molar-refractivity contribution in [3.05, 3.63) is 60.4 Å². The number of benzene rings is 2. The van der Waals surface area contributed by atoms with Crippen molar-refractivity contribution in [2.45, 2.75) is 11.8 Å². The molecule has 0 saturated carbocycles. The van der Waals surface area contributed by atoms with E-state index in [1.807, 2.05) is 24.5 Å². The van der Waals surface area contributed by atoms with Gasteiger partial charge >= 0.3 is 0 Å². The van der Waals surface area contributed by atoms with Gasteiger partial charge in [-0.1, -0.05) is 30.3 Å². The van der Waals surface area contributed by atoms with Crippen molar-refractivity contribution in [3.63, 3.8) is 0 Å². The molecule has 0 fully saturated rings. The van der Waals surface area contributed by atoms with Crippen LogP contribution in [0, 0.1) is 6.92 Å². The minimum atomic E-state index is 1.04. The van der Waals surface area contributed by atoms with E-state index in [-0.39, 0.29) is 0 Å². The van der Waals surface area contributed by atoms with E-state index in [2.05, 4.69) is 46.2 Å². The van der Waals surface area contributed by atoms with Crippen LogP contribution in [0.4, 0.5) is 0 Å². The minimum absolute atomic E-state index is 1.04.